The maximum atomic E-state index is 3.65. The van der Waals surface area contributed by atoms with Crippen LogP contribution in [0.1, 0.15) is 48.0 Å². The first-order chi connectivity index (χ1) is 7.79. The van der Waals surface area contributed by atoms with Crippen molar-refractivity contribution in [3.63, 3.8) is 0 Å². The highest BCUT2D eigenvalue weighted by molar-refractivity contribution is 4.82. The number of piperazine rings is 1. The molecule has 102 valence electrons. The monoisotopic (exact) mass is 240 g/mol. The maximum Gasteiger partial charge on any atom is 0.0198 e. The van der Waals surface area contributed by atoms with Gasteiger partial charge in [-0.1, -0.05) is 41.5 Å². The largest absolute Gasteiger partial charge is 0.311 e. The van der Waals surface area contributed by atoms with Crippen molar-refractivity contribution in [3.05, 3.63) is 0 Å². The van der Waals surface area contributed by atoms with Gasteiger partial charge in [-0.2, -0.15) is 0 Å². The molecule has 1 N–H and O–H groups in total. The predicted octanol–water partition coefficient (Wildman–Crippen LogP) is 2.99. The first-order valence-corrected chi connectivity index (χ1v) is 7.24. The third-order valence-corrected chi connectivity index (χ3v) is 4.11. The molecule has 0 saturated carbocycles. The zero-order chi connectivity index (χ0) is 13.1. The molecular formula is C15H32N2. The van der Waals surface area contributed by atoms with Crippen LogP contribution in [0.3, 0.4) is 0 Å². The van der Waals surface area contributed by atoms with Crippen LogP contribution in [-0.2, 0) is 0 Å². The maximum absolute atomic E-state index is 3.65. The van der Waals surface area contributed by atoms with Gasteiger partial charge in [0.15, 0.2) is 0 Å². The standard InChI is InChI=1S/C15H32N2/c1-12(2)9-14-11-17(8-7-16-14)10-13(3)15(4,5)6/h12-14,16H,7-11H2,1-6H3. The zero-order valence-corrected chi connectivity index (χ0v) is 12.7. The van der Waals surface area contributed by atoms with Crippen molar-refractivity contribution in [3.8, 4) is 0 Å². The van der Waals surface area contributed by atoms with Gasteiger partial charge in [0.05, 0.1) is 0 Å². The normalized spacial score (nSPS) is 25.2. The van der Waals surface area contributed by atoms with E-state index in [1.807, 2.05) is 0 Å². The summed E-state index contributed by atoms with van der Waals surface area (Å²) in [6, 6.07) is 0.705. The summed E-state index contributed by atoms with van der Waals surface area (Å²) in [5, 5.41) is 3.65. The average molecular weight is 240 g/mol. The Morgan fingerprint density at radius 3 is 2.41 bits per heavy atom. The molecule has 1 heterocycles. The third-order valence-electron chi connectivity index (χ3n) is 4.11. The van der Waals surface area contributed by atoms with Crippen molar-refractivity contribution in [2.24, 2.45) is 17.3 Å². The second kappa shape index (κ2) is 6.19. The lowest BCUT2D eigenvalue weighted by Crippen LogP contribution is -2.52. The summed E-state index contributed by atoms with van der Waals surface area (Å²) in [4.78, 5) is 2.65. The summed E-state index contributed by atoms with van der Waals surface area (Å²) in [7, 11) is 0. The minimum atomic E-state index is 0.429. The fraction of sp³-hybridized carbons (Fsp3) is 1.00. The highest BCUT2D eigenvalue weighted by Gasteiger charge is 2.25. The number of nitrogens with one attached hydrogen (secondary N) is 1. The van der Waals surface area contributed by atoms with E-state index in [0.717, 1.165) is 18.4 Å². The van der Waals surface area contributed by atoms with E-state index in [9.17, 15) is 0 Å². The zero-order valence-electron chi connectivity index (χ0n) is 12.7. The van der Waals surface area contributed by atoms with Crippen molar-refractivity contribution in [1.82, 2.24) is 10.2 Å². The molecule has 1 saturated heterocycles. The third kappa shape index (κ3) is 5.39. The van der Waals surface area contributed by atoms with E-state index in [1.54, 1.807) is 0 Å². The van der Waals surface area contributed by atoms with Crippen LogP contribution in [0.5, 0.6) is 0 Å². The van der Waals surface area contributed by atoms with Crippen LogP contribution in [0.25, 0.3) is 0 Å². The minimum Gasteiger partial charge on any atom is -0.311 e. The molecule has 1 aliphatic heterocycles. The molecule has 2 heteroatoms. The Bertz CT molecular complexity index is 217. The van der Waals surface area contributed by atoms with E-state index < -0.39 is 0 Å². The van der Waals surface area contributed by atoms with Gasteiger partial charge >= 0.3 is 0 Å². The lowest BCUT2D eigenvalue weighted by Gasteiger charge is -2.38. The molecule has 0 amide bonds. The van der Waals surface area contributed by atoms with Crippen molar-refractivity contribution < 1.29 is 0 Å². The fourth-order valence-corrected chi connectivity index (χ4v) is 2.45. The second-order valence-corrected chi connectivity index (χ2v) is 7.31. The summed E-state index contributed by atoms with van der Waals surface area (Å²) in [5.74, 6) is 1.56. The lowest BCUT2D eigenvalue weighted by molar-refractivity contribution is 0.125. The molecule has 2 atom stereocenters. The Morgan fingerprint density at radius 2 is 1.88 bits per heavy atom. The molecule has 1 aliphatic rings. The molecule has 0 aromatic carbocycles. The van der Waals surface area contributed by atoms with Crippen LogP contribution in [0.15, 0.2) is 0 Å². The van der Waals surface area contributed by atoms with E-state index in [-0.39, 0.29) is 0 Å². The van der Waals surface area contributed by atoms with Gasteiger partial charge in [0, 0.05) is 32.2 Å². The fourth-order valence-electron chi connectivity index (χ4n) is 2.45. The van der Waals surface area contributed by atoms with Gasteiger partial charge in [0.2, 0.25) is 0 Å². The molecule has 0 radical (unpaired) electrons. The summed E-state index contributed by atoms with van der Waals surface area (Å²) in [6.45, 7) is 18.9. The number of rotatable bonds is 4. The molecule has 1 fully saturated rings. The van der Waals surface area contributed by atoms with Crippen LogP contribution >= 0.6 is 0 Å². The van der Waals surface area contributed by atoms with Gasteiger partial charge < -0.3 is 10.2 Å². The van der Waals surface area contributed by atoms with Gasteiger partial charge in [-0.15, -0.1) is 0 Å². The van der Waals surface area contributed by atoms with Crippen molar-refractivity contribution in [2.45, 2.75) is 54.0 Å². The Balaban J connectivity index is 2.39. The Labute approximate surface area is 108 Å². The first-order valence-electron chi connectivity index (χ1n) is 7.24. The molecule has 0 bridgehead atoms. The van der Waals surface area contributed by atoms with E-state index in [4.69, 9.17) is 0 Å². The van der Waals surface area contributed by atoms with Gasteiger partial charge in [0.25, 0.3) is 0 Å². The Morgan fingerprint density at radius 1 is 1.24 bits per heavy atom. The predicted molar refractivity (Wildman–Crippen MR) is 76.3 cm³/mol. The van der Waals surface area contributed by atoms with Crippen LogP contribution in [0.2, 0.25) is 0 Å². The van der Waals surface area contributed by atoms with Crippen molar-refractivity contribution >= 4 is 0 Å². The Kier molecular flexibility index (Phi) is 5.46. The smallest absolute Gasteiger partial charge is 0.0198 e. The van der Waals surface area contributed by atoms with E-state index in [2.05, 4.69) is 51.8 Å². The SMILES string of the molecule is CC(C)CC1CN(CC(C)C(C)(C)C)CCN1. The summed E-state index contributed by atoms with van der Waals surface area (Å²) in [5.41, 5.74) is 0.429. The highest BCUT2D eigenvalue weighted by atomic mass is 15.2. The van der Waals surface area contributed by atoms with Crippen LogP contribution in [-0.4, -0.2) is 37.1 Å². The number of hydrogen-bond acceptors (Lipinski definition) is 2. The summed E-state index contributed by atoms with van der Waals surface area (Å²) in [6.07, 6.45) is 1.31. The highest BCUT2D eigenvalue weighted by Crippen LogP contribution is 2.26. The Hall–Kier alpha value is -0.0800. The molecule has 1 rings (SSSR count). The molecule has 0 aliphatic carbocycles. The van der Waals surface area contributed by atoms with E-state index >= 15 is 0 Å². The van der Waals surface area contributed by atoms with Crippen LogP contribution in [0.4, 0.5) is 0 Å². The molecule has 2 nitrogen and oxygen atoms in total. The summed E-state index contributed by atoms with van der Waals surface area (Å²) < 4.78 is 0. The summed E-state index contributed by atoms with van der Waals surface area (Å²) >= 11 is 0. The van der Waals surface area contributed by atoms with Gasteiger partial charge in [-0.25, -0.2) is 0 Å². The lowest BCUT2D eigenvalue weighted by atomic mass is 9.81. The van der Waals surface area contributed by atoms with Gasteiger partial charge in [-0.05, 0) is 23.7 Å². The van der Waals surface area contributed by atoms with Crippen molar-refractivity contribution in [1.29, 1.82) is 0 Å². The molecule has 0 spiro atoms. The molecule has 17 heavy (non-hydrogen) atoms. The van der Waals surface area contributed by atoms with Gasteiger partial charge in [-0.3, -0.25) is 0 Å². The van der Waals surface area contributed by atoms with Crippen LogP contribution in [0, 0.1) is 17.3 Å². The van der Waals surface area contributed by atoms with Crippen LogP contribution < -0.4 is 5.32 Å². The van der Waals surface area contributed by atoms with Gasteiger partial charge in [0.1, 0.15) is 0 Å². The quantitative estimate of drug-likeness (QED) is 0.812. The second-order valence-electron chi connectivity index (χ2n) is 7.31. The molecule has 0 aromatic rings. The van der Waals surface area contributed by atoms with E-state index in [1.165, 1.54) is 26.1 Å². The topological polar surface area (TPSA) is 15.3 Å². The molecule has 2 unspecified atom stereocenters. The van der Waals surface area contributed by atoms with Crippen molar-refractivity contribution in [2.75, 3.05) is 26.2 Å². The average Bonchev–Trinajstić information content (AvgIpc) is 2.15. The minimum absolute atomic E-state index is 0.429. The molecule has 0 aromatic heterocycles. The number of nitrogens with zero attached hydrogens (tertiary/aromatic N) is 1. The number of hydrogen-bond donors (Lipinski definition) is 1. The van der Waals surface area contributed by atoms with E-state index in [0.29, 0.717) is 11.5 Å². The first kappa shape index (κ1) is 15.0. The molecular weight excluding hydrogens is 208 g/mol.